The Kier molecular flexibility index (Phi) is 6.48. The van der Waals surface area contributed by atoms with E-state index < -0.39 is 28.5 Å². The number of rotatable bonds is 7. The molecule has 0 unspecified atom stereocenters. The minimum absolute atomic E-state index is 0.0414. The van der Waals surface area contributed by atoms with Gasteiger partial charge >= 0.3 is 11.9 Å². The molecule has 10 heteroatoms. The van der Waals surface area contributed by atoms with Crippen molar-refractivity contribution in [2.24, 2.45) is 0 Å². The number of likely N-dealkylation sites (N-methyl/N-ethyl adjacent to an activating group) is 1. The molecule has 0 aliphatic carbocycles. The average Bonchev–Trinajstić information content (AvgIpc) is 2.68. The number of pyridine rings is 1. The summed E-state index contributed by atoms with van der Waals surface area (Å²) in [6.07, 6.45) is 2.63. The standard InChI is InChI=1S/C17H18N2O7S/c1-19(27(22,23)13-5-4-8-18-10-13)11-16(20)26-14-7-6-12(17(21)25-3)9-15(14)24-2/h4-10H,11H2,1-3H3. The lowest BCUT2D eigenvalue weighted by molar-refractivity contribution is -0.134. The normalized spacial score (nSPS) is 11.1. The molecule has 2 aromatic rings. The first kappa shape index (κ1) is 20.3. The van der Waals surface area contributed by atoms with Crippen molar-refractivity contribution in [3.05, 3.63) is 48.3 Å². The van der Waals surface area contributed by atoms with Crippen molar-refractivity contribution >= 4 is 22.0 Å². The molecule has 0 saturated heterocycles. The van der Waals surface area contributed by atoms with Crippen LogP contribution in [0.2, 0.25) is 0 Å². The van der Waals surface area contributed by atoms with Crippen LogP contribution >= 0.6 is 0 Å². The van der Waals surface area contributed by atoms with Crippen molar-refractivity contribution in [2.45, 2.75) is 4.90 Å². The van der Waals surface area contributed by atoms with Gasteiger partial charge in [-0.15, -0.1) is 0 Å². The smallest absolute Gasteiger partial charge is 0.337 e. The Morgan fingerprint density at radius 2 is 1.89 bits per heavy atom. The topological polar surface area (TPSA) is 112 Å². The molecule has 0 radical (unpaired) electrons. The van der Waals surface area contributed by atoms with Gasteiger partial charge < -0.3 is 14.2 Å². The van der Waals surface area contributed by atoms with Crippen molar-refractivity contribution in [1.29, 1.82) is 0 Å². The molecule has 1 aromatic carbocycles. The van der Waals surface area contributed by atoms with E-state index >= 15 is 0 Å². The average molecular weight is 394 g/mol. The maximum atomic E-state index is 12.4. The summed E-state index contributed by atoms with van der Waals surface area (Å²) in [5, 5.41) is 0. The molecule has 144 valence electrons. The molecule has 0 amide bonds. The van der Waals surface area contributed by atoms with Crippen LogP contribution in [0.5, 0.6) is 11.5 Å². The third-order valence-electron chi connectivity index (χ3n) is 3.50. The van der Waals surface area contributed by atoms with Crippen LogP contribution in [0, 0.1) is 0 Å². The van der Waals surface area contributed by atoms with Crippen molar-refractivity contribution in [2.75, 3.05) is 27.8 Å². The lowest BCUT2D eigenvalue weighted by Crippen LogP contribution is -2.34. The minimum atomic E-state index is -3.89. The van der Waals surface area contributed by atoms with Gasteiger partial charge in [0, 0.05) is 19.4 Å². The number of sulfonamides is 1. The quantitative estimate of drug-likeness (QED) is 0.507. The number of nitrogens with zero attached hydrogens (tertiary/aromatic N) is 2. The number of methoxy groups -OCH3 is 2. The highest BCUT2D eigenvalue weighted by atomic mass is 32.2. The van der Waals surface area contributed by atoms with Gasteiger partial charge in [0.25, 0.3) is 0 Å². The van der Waals surface area contributed by atoms with Crippen molar-refractivity contribution in [1.82, 2.24) is 9.29 Å². The van der Waals surface area contributed by atoms with E-state index in [9.17, 15) is 18.0 Å². The summed E-state index contributed by atoms with van der Waals surface area (Å²) in [4.78, 5) is 27.4. The molecule has 0 spiro atoms. The van der Waals surface area contributed by atoms with E-state index in [1.54, 1.807) is 0 Å². The van der Waals surface area contributed by atoms with Crippen LogP contribution in [0.25, 0.3) is 0 Å². The molecule has 0 bridgehead atoms. The predicted molar refractivity (Wildman–Crippen MR) is 94.0 cm³/mol. The summed E-state index contributed by atoms with van der Waals surface area (Å²) in [6, 6.07) is 6.96. The van der Waals surface area contributed by atoms with Crippen LogP contribution < -0.4 is 9.47 Å². The predicted octanol–water partition coefficient (Wildman–Crippen LogP) is 1.10. The largest absolute Gasteiger partial charge is 0.493 e. The zero-order valence-corrected chi connectivity index (χ0v) is 15.7. The molecule has 27 heavy (non-hydrogen) atoms. The third-order valence-corrected chi connectivity index (χ3v) is 5.29. The fraction of sp³-hybridized carbons (Fsp3) is 0.235. The monoisotopic (exact) mass is 394 g/mol. The molecule has 0 aliphatic heterocycles. The number of hydrogen-bond acceptors (Lipinski definition) is 8. The number of aromatic nitrogens is 1. The van der Waals surface area contributed by atoms with E-state index in [4.69, 9.17) is 9.47 Å². The van der Waals surface area contributed by atoms with E-state index in [0.29, 0.717) is 0 Å². The molecule has 0 saturated carbocycles. The van der Waals surface area contributed by atoms with Crippen LogP contribution in [0.15, 0.2) is 47.6 Å². The first-order valence-corrected chi connectivity index (χ1v) is 9.07. The molecule has 1 heterocycles. The van der Waals surface area contributed by atoms with Gasteiger partial charge in [-0.3, -0.25) is 9.78 Å². The fourth-order valence-electron chi connectivity index (χ4n) is 2.10. The van der Waals surface area contributed by atoms with Gasteiger partial charge in [0.05, 0.1) is 19.8 Å². The summed E-state index contributed by atoms with van der Waals surface area (Å²) < 4.78 is 40.5. The second-order valence-electron chi connectivity index (χ2n) is 5.28. The Morgan fingerprint density at radius 1 is 1.15 bits per heavy atom. The molecule has 1 aromatic heterocycles. The molecule has 0 fully saturated rings. The lowest BCUT2D eigenvalue weighted by Gasteiger charge is -2.16. The third kappa shape index (κ3) is 4.80. The highest BCUT2D eigenvalue weighted by Gasteiger charge is 2.24. The Bertz CT molecular complexity index is 930. The Balaban J connectivity index is 2.12. The van der Waals surface area contributed by atoms with Gasteiger partial charge in [0.1, 0.15) is 11.4 Å². The molecule has 0 aliphatic rings. The number of hydrogen-bond donors (Lipinski definition) is 0. The molecular weight excluding hydrogens is 376 g/mol. The SMILES string of the molecule is COC(=O)c1ccc(OC(=O)CN(C)S(=O)(=O)c2cccnc2)c(OC)c1. The first-order chi connectivity index (χ1) is 12.8. The van der Waals surface area contributed by atoms with Crippen molar-refractivity contribution in [3.8, 4) is 11.5 Å². The summed E-state index contributed by atoms with van der Waals surface area (Å²) in [7, 11) is -0.0573. The van der Waals surface area contributed by atoms with E-state index in [-0.39, 0.29) is 22.0 Å². The van der Waals surface area contributed by atoms with Gasteiger partial charge in [0.15, 0.2) is 11.5 Å². The molecule has 0 N–H and O–H groups in total. The highest BCUT2D eigenvalue weighted by molar-refractivity contribution is 7.89. The Labute approximate surface area is 156 Å². The second kappa shape index (κ2) is 8.60. The van der Waals surface area contributed by atoms with Gasteiger partial charge in [0.2, 0.25) is 10.0 Å². The van der Waals surface area contributed by atoms with Crippen LogP contribution in [0.3, 0.4) is 0 Å². The molecular formula is C17H18N2O7S. The van der Waals surface area contributed by atoms with E-state index in [1.165, 1.54) is 64.0 Å². The van der Waals surface area contributed by atoms with Crippen LogP contribution in [0.4, 0.5) is 0 Å². The number of ether oxygens (including phenoxy) is 3. The maximum absolute atomic E-state index is 12.4. The first-order valence-electron chi connectivity index (χ1n) is 7.63. The number of carbonyl (C=O) groups excluding carboxylic acids is 2. The lowest BCUT2D eigenvalue weighted by atomic mass is 10.2. The minimum Gasteiger partial charge on any atom is -0.493 e. The summed E-state index contributed by atoms with van der Waals surface area (Å²) >= 11 is 0. The van der Waals surface area contributed by atoms with E-state index in [0.717, 1.165) is 4.31 Å². The zero-order chi connectivity index (χ0) is 20.0. The zero-order valence-electron chi connectivity index (χ0n) is 14.9. The molecule has 2 rings (SSSR count). The molecule has 0 atom stereocenters. The van der Waals surface area contributed by atoms with Gasteiger partial charge in [-0.25, -0.2) is 13.2 Å². The van der Waals surface area contributed by atoms with Crippen LogP contribution in [-0.2, 0) is 19.6 Å². The highest BCUT2D eigenvalue weighted by Crippen LogP contribution is 2.28. The fourth-order valence-corrected chi connectivity index (χ4v) is 3.18. The Hall–Kier alpha value is -2.98. The number of carbonyl (C=O) groups is 2. The van der Waals surface area contributed by atoms with Crippen LogP contribution in [0.1, 0.15) is 10.4 Å². The van der Waals surface area contributed by atoms with Gasteiger partial charge in [-0.2, -0.15) is 4.31 Å². The van der Waals surface area contributed by atoms with Crippen LogP contribution in [-0.4, -0.2) is 57.5 Å². The van der Waals surface area contributed by atoms with E-state index in [2.05, 4.69) is 9.72 Å². The van der Waals surface area contributed by atoms with Crippen molar-refractivity contribution < 1.29 is 32.2 Å². The summed E-state index contributed by atoms with van der Waals surface area (Å²) in [5.74, 6) is -1.23. The summed E-state index contributed by atoms with van der Waals surface area (Å²) in [6.45, 7) is -0.529. The van der Waals surface area contributed by atoms with E-state index in [1.807, 2.05) is 0 Å². The molecule has 9 nitrogen and oxygen atoms in total. The Morgan fingerprint density at radius 3 is 2.48 bits per heavy atom. The van der Waals surface area contributed by atoms with Gasteiger partial charge in [-0.05, 0) is 30.3 Å². The second-order valence-corrected chi connectivity index (χ2v) is 7.33. The maximum Gasteiger partial charge on any atom is 0.337 e. The van der Waals surface area contributed by atoms with Crippen molar-refractivity contribution in [3.63, 3.8) is 0 Å². The number of benzene rings is 1. The van der Waals surface area contributed by atoms with Gasteiger partial charge in [-0.1, -0.05) is 0 Å². The summed E-state index contributed by atoms with van der Waals surface area (Å²) in [5.41, 5.74) is 0.213. The number of esters is 2.